The molecule has 0 spiro atoms. The van der Waals surface area contributed by atoms with Crippen LogP contribution >= 0.6 is 17.0 Å². The van der Waals surface area contributed by atoms with Crippen molar-refractivity contribution in [2.75, 3.05) is 0 Å². The largest absolute Gasteiger partial charge is 0.184 e. The molecule has 0 atom stereocenters. The molecule has 190 valence electrons. The van der Waals surface area contributed by atoms with Gasteiger partial charge in [0.2, 0.25) is 0 Å². The Hall–Kier alpha value is -1.83. The summed E-state index contributed by atoms with van der Waals surface area (Å²) in [4.78, 5) is 0. The van der Waals surface area contributed by atoms with E-state index < -0.39 is 20.8 Å². The van der Waals surface area contributed by atoms with Crippen molar-refractivity contribution < 1.29 is 20.8 Å². The molecule has 2 radical (unpaired) electrons. The summed E-state index contributed by atoms with van der Waals surface area (Å²) >= 11 is -0.826. The Bertz CT molecular complexity index is 1470. The normalized spacial score (nSPS) is 11.2. The third-order valence-electron chi connectivity index (χ3n) is 6.86. The van der Waals surface area contributed by atoms with Gasteiger partial charge in [-0.25, -0.2) is 0 Å². The number of halogens is 2. The smallest absolute Gasteiger partial charge is 0.0920 e. The summed E-state index contributed by atoms with van der Waals surface area (Å²) in [6, 6.07) is 34.4. The zero-order chi connectivity index (χ0) is 27.2. The SMILES string of the molecule is CCc1cc2c(-c3cc(C)cc(C)c3)c(C(C)C)ccc2[cH-]1.[Cl][Zr+2][Cl].[c-]1cccc2c1[Si]c1ccccc1-2. The van der Waals surface area contributed by atoms with Crippen molar-refractivity contribution in [3.63, 3.8) is 0 Å². The molecule has 0 nitrogen and oxygen atoms in total. The van der Waals surface area contributed by atoms with E-state index in [0.717, 1.165) is 15.9 Å². The Morgan fingerprint density at radius 2 is 1.58 bits per heavy atom. The molecule has 0 saturated heterocycles. The molecule has 0 aliphatic carbocycles. The molecule has 1 heterocycles. The molecule has 0 saturated carbocycles. The van der Waals surface area contributed by atoms with Gasteiger partial charge in [0.05, 0.1) is 9.52 Å². The molecule has 6 rings (SSSR count). The van der Waals surface area contributed by atoms with Gasteiger partial charge in [0.15, 0.2) is 0 Å². The van der Waals surface area contributed by atoms with Crippen molar-refractivity contribution in [3.05, 3.63) is 113 Å². The number of hydrogen-bond acceptors (Lipinski definition) is 0. The monoisotopic (exact) mass is 628 g/mol. The van der Waals surface area contributed by atoms with E-state index in [1.54, 1.807) is 0 Å². The van der Waals surface area contributed by atoms with Crippen molar-refractivity contribution in [3.8, 4) is 22.3 Å². The fourth-order valence-electron chi connectivity index (χ4n) is 5.21. The van der Waals surface area contributed by atoms with Crippen molar-refractivity contribution in [2.45, 2.75) is 47.0 Å². The first-order valence-corrected chi connectivity index (χ1v) is 20.3. The van der Waals surface area contributed by atoms with E-state index in [1.165, 1.54) is 65.7 Å². The molecule has 1 aliphatic heterocycles. The van der Waals surface area contributed by atoms with Crippen LogP contribution in [0.25, 0.3) is 33.0 Å². The molecule has 0 fully saturated rings. The quantitative estimate of drug-likeness (QED) is 0.135. The molecule has 0 aromatic heterocycles. The van der Waals surface area contributed by atoms with E-state index in [4.69, 9.17) is 17.0 Å². The van der Waals surface area contributed by atoms with Crippen molar-refractivity contribution >= 4 is 47.7 Å². The van der Waals surface area contributed by atoms with Crippen molar-refractivity contribution in [2.24, 2.45) is 0 Å². The molecule has 5 aromatic rings. The van der Waals surface area contributed by atoms with Gasteiger partial charge in [-0.05, 0) is 31.7 Å². The van der Waals surface area contributed by atoms with E-state index in [9.17, 15) is 0 Å². The Labute approximate surface area is 249 Å². The topological polar surface area (TPSA) is 0 Å². The standard InChI is InChI=1S/C22H25.C12H7Si.2ClH.Zr/c1-6-17-12-18-7-8-20(14(2)3)22(21(18)13-17)19-10-15(4)9-16(5)11-19;1-3-7-11-9(5-1)10-6-2-4-8-12(10)13-11;;;/h7-14H,6H2,1-5H3;1-7H;2*1H;/q2*-1;;;+4/p-2. The molecule has 38 heavy (non-hydrogen) atoms. The molecule has 4 heteroatoms. The van der Waals surface area contributed by atoms with Crippen LogP contribution in [0, 0.1) is 19.9 Å². The van der Waals surface area contributed by atoms with Crippen LogP contribution in [0.1, 0.15) is 48.9 Å². The number of benzene rings is 4. The maximum Gasteiger partial charge on any atom is 0.0920 e. The second kappa shape index (κ2) is 13.5. The minimum absolute atomic E-state index is 0.528. The molecule has 0 bridgehead atoms. The number of hydrogen-bond donors (Lipinski definition) is 0. The maximum absolute atomic E-state index is 4.93. The average molecular weight is 631 g/mol. The van der Waals surface area contributed by atoms with Crippen molar-refractivity contribution in [1.29, 1.82) is 0 Å². The summed E-state index contributed by atoms with van der Waals surface area (Å²) in [5.74, 6) is 0.528. The molecule has 5 aromatic carbocycles. The van der Waals surface area contributed by atoms with Crippen LogP contribution in [0.15, 0.2) is 84.9 Å². The predicted octanol–water partition coefficient (Wildman–Crippen LogP) is 9.03. The zero-order valence-electron chi connectivity index (χ0n) is 22.6. The minimum Gasteiger partial charge on any atom is -0.184 e. The number of rotatable bonds is 3. The van der Waals surface area contributed by atoms with Gasteiger partial charge in [0.1, 0.15) is 0 Å². The summed E-state index contributed by atoms with van der Waals surface area (Å²) in [6.45, 7) is 11.2. The van der Waals surface area contributed by atoms with E-state index >= 15 is 0 Å². The second-order valence-electron chi connectivity index (χ2n) is 9.98. The second-order valence-corrected chi connectivity index (χ2v) is 15.0. The molecular weight excluding hydrogens is 599 g/mol. The maximum atomic E-state index is 4.93. The first kappa shape index (κ1) is 29.2. The van der Waals surface area contributed by atoms with Crippen LogP contribution in [0.5, 0.6) is 0 Å². The van der Waals surface area contributed by atoms with Gasteiger partial charge in [0, 0.05) is 0 Å². The van der Waals surface area contributed by atoms with E-state index in [0.29, 0.717) is 5.92 Å². The Balaban J connectivity index is 0.000000177. The van der Waals surface area contributed by atoms with Gasteiger partial charge in [-0.2, -0.15) is 35.5 Å². The van der Waals surface area contributed by atoms with Gasteiger partial charge in [-0.3, -0.25) is 0 Å². The Kier molecular flexibility index (Phi) is 10.4. The molecular formula is C34H32Cl2SiZr. The van der Waals surface area contributed by atoms with E-state index in [2.05, 4.69) is 120 Å². The van der Waals surface area contributed by atoms with Gasteiger partial charge < -0.3 is 0 Å². The first-order valence-electron chi connectivity index (χ1n) is 13.0. The van der Waals surface area contributed by atoms with Gasteiger partial charge >= 0.3 is 37.9 Å². The van der Waals surface area contributed by atoms with Crippen molar-refractivity contribution in [1.82, 2.24) is 0 Å². The summed E-state index contributed by atoms with van der Waals surface area (Å²) in [6.07, 6.45) is 1.10. The summed E-state index contributed by atoms with van der Waals surface area (Å²) in [7, 11) is 10.7. The van der Waals surface area contributed by atoms with Crippen LogP contribution in [-0.4, -0.2) is 9.52 Å². The average Bonchev–Trinajstić information content (AvgIpc) is 3.49. The fraction of sp³-hybridized carbons (Fsp3) is 0.206. The first-order chi connectivity index (χ1) is 18.4. The Morgan fingerprint density at radius 3 is 2.26 bits per heavy atom. The van der Waals surface area contributed by atoms with E-state index in [1.807, 2.05) is 6.07 Å². The van der Waals surface area contributed by atoms with Crippen LogP contribution < -0.4 is 10.4 Å². The number of aryl methyl sites for hydroxylation is 3. The molecule has 1 aliphatic rings. The third kappa shape index (κ3) is 6.65. The van der Waals surface area contributed by atoms with Crippen LogP contribution in [0.2, 0.25) is 0 Å². The summed E-state index contributed by atoms with van der Waals surface area (Å²) < 4.78 is 0. The van der Waals surface area contributed by atoms with Gasteiger partial charge in [0.25, 0.3) is 0 Å². The fourth-order valence-corrected chi connectivity index (χ4v) is 6.52. The van der Waals surface area contributed by atoms with E-state index in [-0.39, 0.29) is 0 Å². The summed E-state index contributed by atoms with van der Waals surface area (Å²) in [5, 5.41) is 5.60. The third-order valence-corrected chi connectivity index (χ3v) is 8.22. The summed E-state index contributed by atoms with van der Waals surface area (Å²) in [5.41, 5.74) is 11.1. The van der Waals surface area contributed by atoms with Gasteiger partial charge in [-0.15, -0.1) is 40.1 Å². The van der Waals surface area contributed by atoms with Crippen LogP contribution in [0.4, 0.5) is 0 Å². The minimum atomic E-state index is -0.826. The predicted molar refractivity (Wildman–Crippen MR) is 165 cm³/mol. The molecule has 0 N–H and O–H groups in total. The van der Waals surface area contributed by atoms with Crippen LogP contribution in [0.3, 0.4) is 0 Å². The molecule has 0 amide bonds. The van der Waals surface area contributed by atoms with Crippen LogP contribution in [-0.2, 0) is 27.3 Å². The zero-order valence-corrected chi connectivity index (χ0v) is 27.6. The number of fused-ring (bicyclic) bond motifs is 4. The Morgan fingerprint density at radius 1 is 0.895 bits per heavy atom. The van der Waals surface area contributed by atoms with Gasteiger partial charge in [-0.1, -0.05) is 96.2 Å². The molecule has 0 unspecified atom stereocenters.